The topological polar surface area (TPSA) is 100 Å². The van der Waals surface area contributed by atoms with Crippen molar-refractivity contribution < 1.29 is 23.9 Å². The minimum atomic E-state index is -0.626. The third kappa shape index (κ3) is 2.80. The van der Waals surface area contributed by atoms with Gasteiger partial charge in [-0.25, -0.2) is 9.79 Å². The van der Waals surface area contributed by atoms with Crippen molar-refractivity contribution in [2.24, 2.45) is 4.99 Å². The molecule has 0 spiro atoms. The molecule has 0 unspecified atom stereocenters. The van der Waals surface area contributed by atoms with Gasteiger partial charge in [-0.15, -0.1) is 0 Å². The molecule has 8 nitrogen and oxygen atoms in total. The molecule has 25 heavy (non-hydrogen) atoms. The lowest BCUT2D eigenvalue weighted by atomic mass is 10.1. The molecule has 0 N–H and O–H groups in total. The van der Waals surface area contributed by atoms with E-state index in [1.807, 2.05) is 0 Å². The summed E-state index contributed by atoms with van der Waals surface area (Å²) >= 11 is 0. The largest absolute Gasteiger partial charge is 0.454 e. The van der Waals surface area contributed by atoms with Crippen molar-refractivity contribution in [3.8, 4) is 11.5 Å². The van der Waals surface area contributed by atoms with Crippen LogP contribution in [0.5, 0.6) is 11.5 Å². The number of benzene rings is 2. The summed E-state index contributed by atoms with van der Waals surface area (Å²) < 4.78 is 15.7. The molecule has 0 atom stereocenters. The first-order chi connectivity index (χ1) is 12.1. The zero-order chi connectivity index (χ0) is 17.4. The van der Waals surface area contributed by atoms with Gasteiger partial charge in [0.15, 0.2) is 17.2 Å². The predicted molar refractivity (Wildman–Crippen MR) is 86.3 cm³/mol. The molecule has 8 heteroatoms. The van der Waals surface area contributed by atoms with E-state index < -0.39 is 10.9 Å². The van der Waals surface area contributed by atoms with Crippen molar-refractivity contribution >= 4 is 23.6 Å². The second-order valence-electron chi connectivity index (χ2n) is 5.26. The number of esters is 1. The Balaban J connectivity index is 1.66. The Hall–Kier alpha value is -3.68. The maximum atomic E-state index is 12.0. The van der Waals surface area contributed by atoms with E-state index in [0.717, 1.165) is 0 Å². The van der Waals surface area contributed by atoms with Crippen LogP contribution in [0.1, 0.15) is 11.1 Å². The first-order valence-electron chi connectivity index (χ1n) is 7.27. The van der Waals surface area contributed by atoms with Crippen molar-refractivity contribution in [3.63, 3.8) is 0 Å². The normalized spacial score (nSPS) is 16.7. The second kappa shape index (κ2) is 5.75. The maximum Gasteiger partial charge on any atom is 0.363 e. The maximum absolute atomic E-state index is 12.0. The number of hydrogen-bond acceptors (Lipinski definition) is 7. The van der Waals surface area contributed by atoms with Gasteiger partial charge in [-0.05, 0) is 29.8 Å². The van der Waals surface area contributed by atoms with E-state index in [9.17, 15) is 14.9 Å². The van der Waals surface area contributed by atoms with Gasteiger partial charge in [0.25, 0.3) is 5.69 Å². The molecule has 0 aliphatic carbocycles. The summed E-state index contributed by atoms with van der Waals surface area (Å²) in [6, 6.07) is 11.0. The molecule has 0 radical (unpaired) electrons. The molecule has 0 bridgehead atoms. The van der Waals surface area contributed by atoms with Crippen molar-refractivity contribution in [1.82, 2.24) is 0 Å². The number of nitrogens with zero attached hydrogens (tertiary/aromatic N) is 2. The Morgan fingerprint density at radius 3 is 2.80 bits per heavy atom. The Labute approximate surface area is 141 Å². The SMILES string of the molecule is O=C1OC(c2ccc3c(c2)OCO3)=N/C1=C\c1cccc([N+](=O)[O-])c1. The third-order valence-corrected chi connectivity index (χ3v) is 3.62. The summed E-state index contributed by atoms with van der Waals surface area (Å²) in [6.45, 7) is 0.142. The van der Waals surface area contributed by atoms with Crippen LogP contribution >= 0.6 is 0 Å². The lowest BCUT2D eigenvalue weighted by Crippen LogP contribution is -2.05. The second-order valence-corrected chi connectivity index (χ2v) is 5.26. The first-order valence-corrected chi connectivity index (χ1v) is 7.27. The molecular formula is C17H10N2O6. The van der Waals surface area contributed by atoms with E-state index in [2.05, 4.69) is 4.99 Å². The Morgan fingerprint density at radius 1 is 1.12 bits per heavy atom. The smallest absolute Gasteiger partial charge is 0.363 e. The van der Waals surface area contributed by atoms with Crippen LogP contribution in [0.25, 0.3) is 6.08 Å². The number of hydrogen-bond donors (Lipinski definition) is 0. The van der Waals surface area contributed by atoms with E-state index in [0.29, 0.717) is 22.6 Å². The third-order valence-electron chi connectivity index (χ3n) is 3.62. The number of cyclic esters (lactones) is 1. The fourth-order valence-corrected chi connectivity index (χ4v) is 2.45. The van der Waals surface area contributed by atoms with Gasteiger partial charge in [0.1, 0.15) is 0 Å². The molecule has 0 amide bonds. The monoisotopic (exact) mass is 338 g/mol. The highest BCUT2D eigenvalue weighted by molar-refractivity contribution is 6.13. The van der Waals surface area contributed by atoms with Gasteiger partial charge in [0, 0.05) is 17.7 Å². The van der Waals surface area contributed by atoms with E-state index in [1.165, 1.54) is 24.3 Å². The minimum Gasteiger partial charge on any atom is -0.454 e. The molecule has 0 fully saturated rings. The average molecular weight is 338 g/mol. The zero-order valence-electron chi connectivity index (χ0n) is 12.7. The summed E-state index contributed by atoms with van der Waals surface area (Å²) in [6.07, 6.45) is 1.44. The van der Waals surface area contributed by atoms with Crippen LogP contribution in [0.3, 0.4) is 0 Å². The van der Waals surface area contributed by atoms with E-state index >= 15 is 0 Å². The van der Waals surface area contributed by atoms with Crippen molar-refractivity contribution in [2.75, 3.05) is 6.79 Å². The highest BCUT2D eigenvalue weighted by Gasteiger charge is 2.26. The number of non-ortho nitro benzene ring substituents is 1. The van der Waals surface area contributed by atoms with Gasteiger partial charge < -0.3 is 14.2 Å². The van der Waals surface area contributed by atoms with Gasteiger partial charge >= 0.3 is 5.97 Å². The van der Waals surface area contributed by atoms with Crippen LogP contribution in [-0.2, 0) is 9.53 Å². The van der Waals surface area contributed by atoms with Gasteiger partial charge in [-0.3, -0.25) is 10.1 Å². The number of ether oxygens (including phenoxy) is 3. The molecule has 124 valence electrons. The number of nitro benzene ring substituents is 1. The lowest BCUT2D eigenvalue weighted by Gasteiger charge is -2.01. The van der Waals surface area contributed by atoms with Crippen molar-refractivity contribution in [3.05, 3.63) is 69.4 Å². The number of nitro groups is 1. The highest BCUT2D eigenvalue weighted by Crippen LogP contribution is 2.33. The predicted octanol–water partition coefficient (Wildman–Crippen LogP) is 2.67. The van der Waals surface area contributed by atoms with Gasteiger partial charge in [0.05, 0.1) is 4.92 Å². The van der Waals surface area contributed by atoms with E-state index in [-0.39, 0.29) is 24.1 Å². The molecular weight excluding hydrogens is 328 g/mol. The molecule has 2 aliphatic heterocycles. The van der Waals surface area contributed by atoms with Crippen molar-refractivity contribution in [2.45, 2.75) is 0 Å². The van der Waals surface area contributed by atoms with E-state index in [1.54, 1.807) is 24.3 Å². The number of rotatable bonds is 3. The lowest BCUT2D eigenvalue weighted by molar-refractivity contribution is -0.384. The van der Waals surface area contributed by atoms with Crippen LogP contribution in [0.15, 0.2) is 53.2 Å². The molecule has 2 heterocycles. The minimum absolute atomic E-state index is 0.0631. The molecule has 2 aromatic carbocycles. The van der Waals surface area contributed by atoms with Crippen LogP contribution in [-0.4, -0.2) is 23.6 Å². The highest BCUT2D eigenvalue weighted by atomic mass is 16.7. The van der Waals surface area contributed by atoms with Crippen LogP contribution in [0.2, 0.25) is 0 Å². The Bertz CT molecular complexity index is 963. The zero-order valence-corrected chi connectivity index (χ0v) is 12.7. The fraction of sp³-hybridized carbons (Fsp3) is 0.0588. The Morgan fingerprint density at radius 2 is 1.96 bits per heavy atom. The van der Waals surface area contributed by atoms with Gasteiger partial charge in [-0.1, -0.05) is 12.1 Å². The van der Waals surface area contributed by atoms with Gasteiger partial charge in [0.2, 0.25) is 12.7 Å². The van der Waals surface area contributed by atoms with Gasteiger partial charge in [-0.2, -0.15) is 0 Å². The number of carbonyl (C=O) groups is 1. The number of carbonyl (C=O) groups excluding carboxylic acids is 1. The van der Waals surface area contributed by atoms with Crippen LogP contribution < -0.4 is 9.47 Å². The standard InChI is InChI=1S/C17H10N2O6/c20-17-13(7-10-2-1-3-12(6-10)19(21)22)18-16(25-17)11-4-5-14-15(8-11)24-9-23-14/h1-8H,9H2/b13-7-. The molecule has 2 aromatic rings. The number of fused-ring (bicyclic) bond motifs is 1. The van der Waals surface area contributed by atoms with Crippen LogP contribution in [0, 0.1) is 10.1 Å². The molecule has 2 aliphatic rings. The summed E-state index contributed by atoms with van der Waals surface area (Å²) in [5.74, 6) is 0.674. The summed E-state index contributed by atoms with van der Waals surface area (Å²) in [7, 11) is 0. The van der Waals surface area contributed by atoms with Crippen molar-refractivity contribution in [1.29, 1.82) is 0 Å². The molecule has 0 aromatic heterocycles. The van der Waals surface area contributed by atoms with Crippen LogP contribution in [0.4, 0.5) is 5.69 Å². The van der Waals surface area contributed by atoms with E-state index in [4.69, 9.17) is 14.2 Å². The fourth-order valence-electron chi connectivity index (χ4n) is 2.45. The summed E-state index contributed by atoms with van der Waals surface area (Å²) in [4.78, 5) is 26.5. The summed E-state index contributed by atoms with van der Waals surface area (Å²) in [5.41, 5.74) is 1.05. The molecule has 0 saturated carbocycles. The first kappa shape index (κ1) is 14.9. The summed E-state index contributed by atoms with van der Waals surface area (Å²) in [5, 5.41) is 10.8. The average Bonchev–Trinajstić information content (AvgIpc) is 3.21. The molecule has 0 saturated heterocycles. The number of aliphatic imine (C=N–C) groups is 1. The Kier molecular flexibility index (Phi) is 3.42. The quantitative estimate of drug-likeness (QED) is 0.369. The molecule has 4 rings (SSSR count).